The highest BCUT2D eigenvalue weighted by molar-refractivity contribution is 5.87. The quantitative estimate of drug-likeness (QED) is 0.349. The van der Waals surface area contributed by atoms with Gasteiger partial charge in [-0.1, -0.05) is 6.58 Å². The summed E-state index contributed by atoms with van der Waals surface area (Å²) < 4.78 is 97.2. The Hall–Kier alpha value is -1.82. The Kier molecular flexibility index (Phi) is 5.74. The molecule has 2 aliphatic carbocycles. The molecule has 0 aromatic rings. The van der Waals surface area contributed by atoms with Gasteiger partial charge in [0.2, 0.25) is 0 Å². The minimum absolute atomic E-state index is 0.0762. The molecule has 3 fully saturated rings. The highest BCUT2D eigenvalue weighted by Crippen LogP contribution is 2.63. The third kappa shape index (κ3) is 3.64. The molecule has 6 nitrogen and oxygen atoms in total. The maximum atomic E-state index is 13.5. The molecule has 3 rings (SSSR count). The summed E-state index contributed by atoms with van der Waals surface area (Å²) in [5, 5.41) is 9.92. The second kappa shape index (κ2) is 7.34. The van der Waals surface area contributed by atoms with E-state index in [1.807, 2.05) is 0 Å². The van der Waals surface area contributed by atoms with E-state index in [0.717, 1.165) is 0 Å². The van der Waals surface area contributed by atoms with Crippen molar-refractivity contribution in [3.8, 4) is 0 Å². The van der Waals surface area contributed by atoms with E-state index in [0.29, 0.717) is 20.3 Å². The number of hydrogen-bond donors (Lipinski definition) is 1. The van der Waals surface area contributed by atoms with Crippen molar-refractivity contribution < 1.29 is 55.2 Å². The van der Waals surface area contributed by atoms with E-state index in [4.69, 9.17) is 14.2 Å². The normalized spacial score (nSPS) is 32.2. The lowest BCUT2D eigenvalue weighted by molar-refractivity contribution is -0.422. The molecule has 1 N–H and O–H groups in total. The first-order valence-electron chi connectivity index (χ1n) is 10.3. The Labute approximate surface area is 186 Å². The number of aliphatic hydroxyl groups is 1. The van der Waals surface area contributed by atoms with Crippen molar-refractivity contribution in [3.05, 3.63) is 12.2 Å². The standard InChI is InChI=1S/C21H26F6O6/c1-8(2)15(28)31-14-10-7-9-11(16(29)32-13(9)14)12(10)17(3,4)33-18(5,6)19(30,20(22,23)24)21(25,26)27/h9-14,30H,1,7H2,2-6H3. The van der Waals surface area contributed by atoms with Crippen LogP contribution in [-0.2, 0) is 23.8 Å². The molecule has 33 heavy (non-hydrogen) atoms. The fourth-order valence-electron chi connectivity index (χ4n) is 5.96. The first kappa shape index (κ1) is 25.8. The molecule has 2 saturated carbocycles. The van der Waals surface area contributed by atoms with Gasteiger partial charge in [0, 0.05) is 23.3 Å². The number of carbonyl (C=O) groups is 2. The van der Waals surface area contributed by atoms with Crippen LogP contribution in [0.1, 0.15) is 41.0 Å². The average molecular weight is 488 g/mol. The number of esters is 2. The molecule has 188 valence electrons. The van der Waals surface area contributed by atoms with Crippen LogP contribution >= 0.6 is 0 Å². The van der Waals surface area contributed by atoms with Crippen molar-refractivity contribution in [3.63, 3.8) is 0 Å². The van der Waals surface area contributed by atoms with E-state index in [9.17, 15) is 41.0 Å². The minimum Gasteiger partial charge on any atom is -0.458 e. The Bertz CT molecular complexity index is 846. The lowest BCUT2D eigenvalue weighted by Gasteiger charge is -2.50. The highest BCUT2D eigenvalue weighted by Gasteiger charge is 2.79. The SMILES string of the molecule is C=C(C)C(=O)OC1C2CC3C1OC(=O)C3C2C(C)(C)OC(C)(C)C(O)(C(F)(F)F)C(F)(F)F. The van der Waals surface area contributed by atoms with Crippen molar-refractivity contribution in [1.29, 1.82) is 0 Å². The Morgan fingerprint density at radius 3 is 2.03 bits per heavy atom. The van der Waals surface area contributed by atoms with Crippen LogP contribution in [-0.4, -0.2) is 58.4 Å². The first-order chi connectivity index (χ1) is 14.7. The molecular formula is C21H26F6O6. The van der Waals surface area contributed by atoms with Crippen LogP contribution in [0.15, 0.2) is 12.2 Å². The summed E-state index contributed by atoms with van der Waals surface area (Å²) in [7, 11) is 0. The van der Waals surface area contributed by atoms with Gasteiger partial charge in [0.15, 0.2) is 0 Å². The predicted octanol–water partition coefficient (Wildman–Crippen LogP) is 3.71. The van der Waals surface area contributed by atoms with Gasteiger partial charge in [-0.3, -0.25) is 4.79 Å². The molecule has 6 unspecified atom stereocenters. The van der Waals surface area contributed by atoms with Gasteiger partial charge in [0.25, 0.3) is 5.60 Å². The molecule has 1 saturated heterocycles. The Morgan fingerprint density at radius 2 is 1.58 bits per heavy atom. The lowest BCUT2D eigenvalue weighted by Crippen LogP contribution is -2.71. The highest BCUT2D eigenvalue weighted by atomic mass is 19.4. The van der Waals surface area contributed by atoms with Crippen LogP contribution in [0.5, 0.6) is 0 Å². The number of rotatable bonds is 6. The monoisotopic (exact) mass is 488 g/mol. The number of fused-ring (bicyclic) bond motifs is 1. The van der Waals surface area contributed by atoms with Gasteiger partial charge in [-0.15, -0.1) is 0 Å². The minimum atomic E-state index is -6.10. The zero-order valence-electron chi connectivity index (χ0n) is 18.6. The summed E-state index contributed by atoms with van der Waals surface area (Å²) >= 11 is 0. The number of halogens is 6. The number of alkyl halides is 6. The third-order valence-corrected chi connectivity index (χ3v) is 7.15. The zero-order valence-corrected chi connectivity index (χ0v) is 18.6. The van der Waals surface area contributed by atoms with Crippen LogP contribution in [0.3, 0.4) is 0 Å². The van der Waals surface area contributed by atoms with Crippen molar-refractivity contribution in [2.45, 2.75) is 82.4 Å². The van der Waals surface area contributed by atoms with Crippen LogP contribution < -0.4 is 0 Å². The summed E-state index contributed by atoms with van der Waals surface area (Å²) in [6, 6.07) is 0. The number of carbonyl (C=O) groups excluding carboxylic acids is 2. The predicted molar refractivity (Wildman–Crippen MR) is 99.5 cm³/mol. The molecule has 1 heterocycles. The second-order valence-corrected chi connectivity index (χ2v) is 10.1. The van der Waals surface area contributed by atoms with Gasteiger partial charge < -0.3 is 19.3 Å². The Balaban J connectivity index is 1.97. The van der Waals surface area contributed by atoms with Crippen molar-refractivity contribution in [2.24, 2.45) is 23.7 Å². The first-order valence-corrected chi connectivity index (χ1v) is 10.3. The number of ether oxygens (including phenoxy) is 3. The number of hydrogen-bond acceptors (Lipinski definition) is 6. The molecule has 2 bridgehead atoms. The van der Waals surface area contributed by atoms with Crippen LogP contribution in [0.25, 0.3) is 0 Å². The van der Waals surface area contributed by atoms with E-state index in [2.05, 4.69) is 6.58 Å². The summed E-state index contributed by atoms with van der Waals surface area (Å²) in [5.74, 6) is -4.26. The molecule has 0 radical (unpaired) electrons. The molecule has 0 amide bonds. The van der Waals surface area contributed by atoms with Gasteiger partial charge >= 0.3 is 24.3 Å². The topological polar surface area (TPSA) is 82.1 Å². The summed E-state index contributed by atoms with van der Waals surface area (Å²) in [6.07, 6.45) is -13.6. The average Bonchev–Trinajstić information content (AvgIpc) is 3.21. The summed E-state index contributed by atoms with van der Waals surface area (Å²) in [6.45, 7) is 8.39. The molecular weight excluding hydrogens is 462 g/mol. The maximum absolute atomic E-state index is 13.5. The van der Waals surface area contributed by atoms with E-state index >= 15 is 0 Å². The molecule has 0 aromatic heterocycles. The van der Waals surface area contributed by atoms with Crippen molar-refractivity contribution in [2.75, 3.05) is 0 Å². The molecule has 3 aliphatic rings. The van der Waals surface area contributed by atoms with Gasteiger partial charge in [0.05, 0.1) is 11.5 Å². The fraction of sp³-hybridized carbons (Fsp3) is 0.810. The van der Waals surface area contributed by atoms with E-state index in [1.165, 1.54) is 20.8 Å². The van der Waals surface area contributed by atoms with Crippen molar-refractivity contribution in [1.82, 2.24) is 0 Å². The zero-order chi connectivity index (χ0) is 25.5. The largest absolute Gasteiger partial charge is 0.458 e. The van der Waals surface area contributed by atoms with E-state index < -0.39 is 77.0 Å². The van der Waals surface area contributed by atoms with Gasteiger partial charge in [-0.2, -0.15) is 26.3 Å². The van der Waals surface area contributed by atoms with Crippen LogP contribution in [0.2, 0.25) is 0 Å². The smallest absolute Gasteiger partial charge is 0.429 e. The second-order valence-electron chi connectivity index (χ2n) is 10.1. The molecule has 0 spiro atoms. The fourth-order valence-corrected chi connectivity index (χ4v) is 5.96. The van der Waals surface area contributed by atoms with Gasteiger partial charge in [0.1, 0.15) is 17.8 Å². The van der Waals surface area contributed by atoms with Crippen molar-refractivity contribution >= 4 is 11.9 Å². The molecule has 0 aromatic carbocycles. The summed E-state index contributed by atoms with van der Waals surface area (Å²) in [4.78, 5) is 24.6. The van der Waals surface area contributed by atoms with Crippen LogP contribution in [0.4, 0.5) is 26.3 Å². The van der Waals surface area contributed by atoms with Gasteiger partial charge in [-0.25, -0.2) is 4.79 Å². The third-order valence-electron chi connectivity index (χ3n) is 7.15. The lowest BCUT2D eigenvalue weighted by atomic mass is 9.70. The molecule has 12 heteroatoms. The summed E-state index contributed by atoms with van der Waals surface area (Å²) in [5.41, 5.74) is -10.1. The van der Waals surface area contributed by atoms with E-state index in [-0.39, 0.29) is 5.57 Å². The molecule has 1 aliphatic heterocycles. The maximum Gasteiger partial charge on any atom is 0.429 e. The molecule has 6 atom stereocenters. The Morgan fingerprint density at radius 1 is 1.06 bits per heavy atom. The van der Waals surface area contributed by atoms with Crippen LogP contribution in [0, 0.1) is 23.7 Å². The van der Waals surface area contributed by atoms with Gasteiger partial charge in [-0.05, 0) is 41.0 Å². The van der Waals surface area contributed by atoms with E-state index in [1.54, 1.807) is 0 Å².